The Bertz CT molecular complexity index is 1130. The molecule has 2 aliphatic heterocycles. The lowest BCUT2D eigenvalue weighted by Crippen LogP contribution is -2.43. The first-order valence-electron chi connectivity index (χ1n) is 11.2. The van der Waals surface area contributed by atoms with Gasteiger partial charge in [-0.15, -0.1) is 0 Å². The van der Waals surface area contributed by atoms with Gasteiger partial charge in [0.1, 0.15) is 5.82 Å². The van der Waals surface area contributed by atoms with Crippen molar-refractivity contribution >= 4 is 40.9 Å². The summed E-state index contributed by atoms with van der Waals surface area (Å²) in [5, 5.41) is 8.08. The van der Waals surface area contributed by atoms with Gasteiger partial charge in [0.05, 0.1) is 11.5 Å². The molecule has 0 bridgehead atoms. The molecule has 0 radical (unpaired) electrons. The van der Waals surface area contributed by atoms with E-state index in [1.54, 1.807) is 24.3 Å². The Balaban J connectivity index is 1.59. The van der Waals surface area contributed by atoms with Crippen LogP contribution in [-0.4, -0.2) is 40.3 Å². The number of nitrogens with zero attached hydrogens (tertiary/aromatic N) is 2. The second-order valence-corrected chi connectivity index (χ2v) is 8.46. The molecule has 4 N–H and O–H groups in total. The largest absolute Gasteiger partial charge is 0.339 e. The topological polar surface area (TPSA) is 136 Å². The Morgan fingerprint density at radius 2 is 1.82 bits per heavy atom. The molecule has 0 spiro atoms. The molecular weight excluding hydrogens is 424 g/mol. The van der Waals surface area contributed by atoms with Gasteiger partial charge in [0.15, 0.2) is 0 Å². The SMILES string of the molecule is CC[C@H]1CCCCN1c1nc2c(c(=O)[nH]1)[C@@H](C(=O)Nc1ccc(NC(C)=O)cc1)CC(=O)N2. The minimum atomic E-state index is -0.961. The average Bonchev–Trinajstić information content (AvgIpc) is 2.79. The number of aromatic amines is 1. The van der Waals surface area contributed by atoms with Gasteiger partial charge < -0.3 is 20.9 Å². The normalized spacial score (nSPS) is 19.9. The molecule has 2 aliphatic rings. The number of nitrogens with one attached hydrogen (secondary N) is 4. The summed E-state index contributed by atoms with van der Waals surface area (Å²) in [7, 11) is 0. The van der Waals surface area contributed by atoms with Crippen molar-refractivity contribution < 1.29 is 14.4 Å². The van der Waals surface area contributed by atoms with E-state index in [0.717, 1.165) is 32.2 Å². The number of benzene rings is 1. The summed E-state index contributed by atoms with van der Waals surface area (Å²) in [5.74, 6) is -1.41. The molecule has 10 nitrogen and oxygen atoms in total. The number of carbonyl (C=O) groups excluding carboxylic acids is 3. The standard InChI is InChI=1S/C23H28N6O4/c1-3-16-6-4-5-11-29(16)23-27-20-19(22(33)28-23)17(12-18(31)26-20)21(32)25-15-9-7-14(8-10-15)24-13(2)30/h7-10,16-17H,3-6,11-12H2,1-2H3,(H,24,30)(H,25,32)(H2,26,27,28,31,33)/t16-,17-/m0/s1. The van der Waals surface area contributed by atoms with Crippen molar-refractivity contribution in [3.05, 3.63) is 40.2 Å². The van der Waals surface area contributed by atoms with Crippen LogP contribution in [0.15, 0.2) is 29.1 Å². The lowest BCUT2D eigenvalue weighted by molar-refractivity contribution is -0.123. The number of piperidine rings is 1. The molecule has 1 aromatic carbocycles. The van der Waals surface area contributed by atoms with Crippen LogP contribution in [0.2, 0.25) is 0 Å². The first kappa shape index (κ1) is 22.5. The second kappa shape index (κ2) is 9.43. The van der Waals surface area contributed by atoms with Crippen molar-refractivity contribution in [2.45, 2.75) is 57.9 Å². The fourth-order valence-corrected chi connectivity index (χ4v) is 4.49. The molecule has 33 heavy (non-hydrogen) atoms. The minimum absolute atomic E-state index is 0.145. The van der Waals surface area contributed by atoms with E-state index in [9.17, 15) is 19.2 Å². The molecule has 10 heteroatoms. The summed E-state index contributed by atoms with van der Waals surface area (Å²) < 4.78 is 0. The lowest BCUT2D eigenvalue weighted by Gasteiger charge is -2.36. The summed E-state index contributed by atoms with van der Waals surface area (Å²) in [6.07, 6.45) is 3.95. The number of H-pyrrole nitrogens is 1. The van der Waals surface area contributed by atoms with Crippen LogP contribution in [0.5, 0.6) is 0 Å². The predicted molar refractivity (Wildman–Crippen MR) is 125 cm³/mol. The zero-order valence-corrected chi connectivity index (χ0v) is 18.7. The zero-order valence-electron chi connectivity index (χ0n) is 18.7. The fourth-order valence-electron chi connectivity index (χ4n) is 4.49. The maximum absolute atomic E-state index is 13.0. The molecule has 3 amide bonds. The number of aromatic nitrogens is 2. The van der Waals surface area contributed by atoms with Crippen molar-refractivity contribution in [1.82, 2.24) is 9.97 Å². The maximum atomic E-state index is 13.0. The van der Waals surface area contributed by atoms with E-state index < -0.39 is 17.4 Å². The molecule has 2 aromatic rings. The van der Waals surface area contributed by atoms with Gasteiger partial charge in [-0.2, -0.15) is 4.98 Å². The van der Waals surface area contributed by atoms with Crippen molar-refractivity contribution in [3.63, 3.8) is 0 Å². The van der Waals surface area contributed by atoms with Crippen molar-refractivity contribution in [1.29, 1.82) is 0 Å². The highest BCUT2D eigenvalue weighted by molar-refractivity contribution is 6.04. The summed E-state index contributed by atoms with van der Waals surface area (Å²) in [5.41, 5.74) is 0.827. The molecule has 174 valence electrons. The third kappa shape index (κ3) is 4.89. The first-order valence-corrected chi connectivity index (χ1v) is 11.2. The highest BCUT2D eigenvalue weighted by atomic mass is 16.2. The summed E-state index contributed by atoms with van der Waals surface area (Å²) in [6.45, 7) is 4.29. The number of hydrogen-bond acceptors (Lipinski definition) is 6. The van der Waals surface area contributed by atoms with Crippen molar-refractivity contribution in [2.75, 3.05) is 27.4 Å². The van der Waals surface area contributed by atoms with Crippen LogP contribution in [0.4, 0.5) is 23.1 Å². The average molecular weight is 453 g/mol. The number of carbonyl (C=O) groups is 3. The van der Waals surface area contributed by atoms with Gasteiger partial charge in [-0.1, -0.05) is 6.92 Å². The molecule has 2 atom stereocenters. The third-order valence-electron chi connectivity index (χ3n) is 6.10. The lowest BCUT2D eigenvalue weighted by atomic mass is 9.92. The molecule has 1 aromatic heterocycles. The van der Waals surface area contributed by atoms with Gasteiger partial charge in [0, 0.05) is 37.3 Å². The maximum Gasteiger partial charge on any atom is 0.258 e. The third-order valence-corrected chi connectivity index (χ3v) is 6.10. The van der Waals surface area contributed by atoms with Crippen LogP contribution in [0.25, 0.3) is 0 Å². The first-order chi connectivity index (χ1) is 15.9. The van der Waals surface area contributed by atoms with E-state index in [-0.39, 0.29) is 35.7 Å². The Morgan fingerprint density at radius 3 is 2.48 bits per heavy atom. The summed E-state index contributed by atoms with van der Waals surface area (Å²) in [6, 6.07) is 6.86. The number of hydrogen-bond donors (Lipinski definition) is 4. The Kier molecular flexibility index (Phi) is 6.43. The molecule has 0 saturated carbocycles. The predicted octanol–water partition coefficient (Wildman–Crippen LogP) is 2.56. The van der Waals surface area contributed by atoms with Gasteiger partial charge in [0.25, 0.3) is 5.56 Å². The number of amides is 3. The van der Waals surface area contributed by atoms with E-state index in [1.807, 2.05) is 0 Å². The number of rotatable bonds is 5. The molecule has 3 heterocycles. The van der Waals surface area contributed by atoms with Gasteiger partial charge in [-0.05, 0) is 49.9 Å². The van der Waals surface area contributed by atoms with Crippen LogP contribution in [0, 0.1) is 0 Å². The van der Waals surface area contributed by atoms with Gasteiger partial charge in [-0.25, -0.2) is 0 Å². The summed E-state index contributed by atoms with van der Waals surface area (Å²) in [4.78, 5) is 59.1. The van der Waals surface area contributed by atoms with Crippen LogP contribution in [0.3, 0.4) is 0 Å². The molecule has 0 aliphatic carbocycles. The van der Waals surface area contributed by atoms with Gasteiger partial charge in [-0.3, -0.25) is 24.2 Å². The van der Waals surface area contributed by atoms with Crippen molar-refractivity contribution in [3.8, 4) is 0 Å². The second-order valence-electron chi connectivity index (χ2n) is 8.46. The van der Waals surface area contributed by atoms with Crippen molar-refractivity contribution in [2.24, 2.45) is 0 Å². The Hall–Kier alpha value is -3.69. The van der Waals surface area contributed by atoms with Crippen LogP contribution in [0.1, 0.15) is 57.4 Å². The fraction of sp³-hybridized carbons (Fsp3) is 0.435. The van der Waals surface area contributed by atoms with Crippen LogP contribution >= 0.6 is 0 Å². The monoisotopic (exact) mass is 452 g/mol. The van der Waals surface area contributed by atoms with Gasteiger partial charge in [0.2, 0.25) is 23.7 Å². The smallest absolute Gasteiger partial charge is 0.258 e. The molecule has 0 unspecified atom stereocenters. The molecule has 4 rings (SSSR count). The van der Waals surface area contributed by atoms with E-state index >= 15 is 0 Å². The minimum Gasteiger partial charge on any atom is -0.339 e. The highest BCUT2D eigenvalue weighted by Gasteiger charge is 2.35. The van der Waals surface area contributed by atoms with E-state index in [1.165, 1.54) is 6.92 Å². The zero-order chi connectivity index (χ0) is 23.5. The van der Waals surface area contributed by atoms with E-state index in [2.05, 4.69) is 37.7 Å². The highest BCUT2D eigenvalue weighted by Crippen LogP contribution is 2.32. The molecular formula is C23H28N6O4. The summed E-state index contributed by atoms with van der Waals surface area (Å²) >= 11 is 0. The quantitative estimate of drug-likeness (QED) is 0.550. The molecule has 1 saturated heterocycles. The van der Waals surface area contributed by atoms with Crippen LogP contribution < -0.4 is 26.4 Å². The van der Waals surface area contributed by atoms with E-state index in [4.69, 9.17) is 0 Å². The van der Waals surface area contributed by atoms with E-state index in [0.29, 0.717) is 17.3 Å². The number of anilines is 4. The van der Waals surface area contributed by atoms with Gasteiger partial charge >= 0.3 is 0 Å². The van der Waals surface area contributed by atoms with Crippen LogP contribution in [-0.2, 0) is 14.4 Å². The Labute approximate surface area is 191 Å². The molecule has 1 fully saturated rings. The Morgan fingerprint density at radius 1 is 1.12 bits per heavy atom. The number of fused-ring (bicyclic) bond motifs is 1.